The molecule has 3 rings (SSSR count). The van der Waals surface area contributed by atoms with Crippen LogP contribution in [0, 0.1) is 5.82 Å². The van der Waals surface area contributed by atoms with Gasteiger partial charge in [0, 0.05) is 23.2 Å². The van der Waals surface area contributed by atoms with E-state index in [2.05, 4.69) is 15.9 Å². The predicted molar refractivity (Wildman–Crippen MR) is 68.2 cm³/mol. The molecule has 0 bridgehead atoms. The highest BCUT2D eigenvalue weighted by atomic mass is 79.9. The molecule has 0 N–H and O–H groups in total. The van der Waals surface area contributed by atoms with Gasteiger partial charge in [0.15, 0.2) is 6.29 Å². The number of halogens is 3. The summed E-state index contributed by atoms with van der Waals surface area (Å²) in [6.45, 7) is 0. The minimum absolute atomic E-state index is 0.0635. The number of nitrogens with zero attached hydrogens (tertiary/aromatic N) is 1. The standard InChI is InChI=1S/C13H10BrF2NO/c14-11-4-13-10(3-12(11)16)7(6-18)5-17(13)9-1-8(15)2-9/h3-6,8-9H,1-2H2. The Bertz CT molecular complexity index is 631. The molecule has 1 aromatic carbocycles. The van der Waals surface area contributed by atoms with Crippen molar-refractivity contribution in [2.75, 3.05) is 0 Å². The minimum Gasteiger partial charge on any atom is -0.343 e. The van der Waals surface area contributed by atoms with E-state index >= 15 is 0 Å². The smallest absolute Gasteiger partial charge is 0.152 e. The van der Waals surface area contributed by atoms with Gasteiger partial charge in [0.1, 0.15) is 12.0 Å². The molecule has 1 fully saturated rings. The lowest BCUT2D eigenvalue weighted by molar-refractivity contribution is 0.112. The molecule has 0 atom stereocenters. The Morgan fingerprint density at radius 3 is 2.72 bits per heavy atom. The minimum atomic E-state index is -0.768. The summed E-state index contributed by atoms with van der Waals surface area (Å²) in [7, 11) is 0. The van der Waals surface area contributed by atoms with E-state index < -0.39 is 12.0 Å². The molecule has 1 aromatic heterocycles. The van der Waals surface area contributed by atoms with Crippen LogP contribution in [0.1, 0.15) is 29.2 Å². The summed E-state index contributed by atoms with van der Waals surface area (Å²) in [5.74, 6) is -0.402. The van der Waals surface area contributed by atoms with Crippen LogP contribution in [0.25, 0.3) is 10.9 Å². The van der Waals surface area contributed by atoms with E-state index in [-0.39, 0.29) is 6.04 Å². The van der Waals surface area contributed by atoms with Crippen molar-refractivity contribution >= 4 is 33.1 Å². The highest BCUT2D eigenvalue weighted by Crippen LogP contribution is 2.38. The molecule has 5 heteroatoms. The molecule has 0 spiro atoms. The van der Waals surface area contributed by atoms with Crippen molar-refractivity contribution in [1.82, 2.24) is 4.57 Å². The zero-order valence-electron chi connectivity index (χ0n) is 9.37. The lowest BCUT2D eigenvalue weighted by Gasteiger charge is -2.31. The summed E-state index contributed by atoms with van der Waals surface area (Å²) < 4.78 is 28.7. The van der Waals surface area contributed by atoms with Gasteiger partial charge in [-0.25, -0.2) is 8.78 Å². The predicted octanol–water partition coefficient (Wildman–Crippen LogP) is 4.03. The number of aromatic nitrogens is 1. The van der Waals surface area contributed by atoms with E-state index in [1.165, 1.54) is 6.07 Å². The lowest BCUT2D eigenvalue weighted by atomic mass is 9.90. The Morgan fingerprint density at radius 2 is 2.11 bits per heavy atom. The van der Waals surface area contributed by atoms with Crippen molar-refractivity contribution < 1.29 is 13.6 Å². The Kier molecular flexibility index (Phi) is 2.73. The number of hydrogen-bond acceptors (Lipinski definition) is 1. The van der Waals surface area contributed by atoms with Gasteiger partial charge in [0.25, 0.3) is 0 Å². The summed E-state index contributed by atoms with van der Waals surface area (Å²) in [4.78, 5) is 11.0. The largest absolute Gasteiger partial charge is 0.343 e. The molecule has 1 saturated carbocycles. The average molecular weight is 314 g/mol. The number of aldehydes is 1. The van der Waals surface area contributed by atoms with E-state index in [1.54, 1.807) is 12.3 Å². The monoisotopic (exact) mass is 313 g/mol. The second-order valence-corrected chi connectivity index (χ2v) is 5.47. The average Bonchev–Trinajstić information content (AvgIpc) is 2.64. The first-order chi connectivity index (χ1) is 8.60. The van der Waals surface area contributed by atoms with Gasteiger partial charge in [-0.2, -0.15) is 0 Å². The third-order valence-electron chi connectivity index (χ3n) is 3.48. The van der Waals surface area contributed by atoms with Crippen LogP contribution < -0.4 is 0 Å². The maximum absolute atomic E-state index is 13.5. The number of fused-ring (bicyclic) bond motifs is 1. The molecule has 1 aliphatic rings. The van der Waals surface area contributed by atoms with Crippen molar-refractivity contribution in [2.24, 2.45) is 0 Å². The molecule has 1 heterocycles. The van der Waals surface area contributed by atoms with Crippen LogP contribution in [0.2, 0.25) is 0 Å². The first-order valence-electron chi connectivity index (χ1n) is 5.69. The third-order valence-corrected chi connectivity index (χ3v) is 4.09. The molecular weight excluding hydrogens is 304 g/mol. The summed E-state index contributed by atoms with van der Waals surface area (Å²) >= 11 is 3.13. The molecule has 0 unspecified atom stereocenters. The van der Waals surface area contributed by atoms with Gasteiger partial charge >= 0.3 is 0 Å². The highest BCUT2D eigenvalue weighted by molar-refractivity contribution is 9.10. The van der Waals surface area contributed by atoms with Gasteiger partial charge in [-0.05, 0) is 40.9 Å². The van der Waals surface area contributed by atoms with Crippen LogP contribution in [-0.4, -0.2) is 17.0 Å². The van der Waals surface area contributed by atoms with Gasteiger partial charge < -0.3 is 4.57 Å². The van der Waals surface area contributed by atoms with Crippen molar-refractivity contribution in [1.29, 1.82) is 0 Å². The summed E-state index contributed by atoms with van der Waals surface area (Å²) in [6.07, 6.45) is 2.53. The summed E-state index contributed by atoms with van der Waals surface area (Å²) in [5.41, 5.74) is 1.21. The van der Waals surface area contributed by atoms with Crippen LogP contribution in [0.4, 0.5) is 8.78 Å². The van der Waals surface area contributed by atoms with E-state index in [1.807, 2.05) is 4.57 Å². The molecule has 0 radical (unpaired) electrons. The zero-order chi connectivity index (χ0) is 12.9. The Morgan fingerprint density at radius 1 is 1.39 bits per heavy atom. The molecule has 94 valence electrons. The number of hydrogen-bond donors (Lipinski definition) is 0. The van der Waals surface area contributed by atoms with Gasteiger partial charge in [0.2, 0.25) is 0 Å². The van der Waals surface area contributed by atoms with E-state index in [0.29, 0.717) is 34.6 Å². The number of carbonyl (C=O) groups excluding carboxylic acids is 1. The van der Waals surface area contributed by atoms with Gasteiger partial charge in [-0.3, -0.25) is 4.79 Å². The van der Waals surface area contributed by atoms with Gasteiger partial charge in [-0.15, -0.1) is 0 Å². The quantitative estimate of drug-likeness (QED) is 0.767. The maximum atomic E-state index is 13.5. The second-order valence-electron chi connectivity index (χ2n) is 4.62. The molecule has 0 saturated heterocycles. The van der Waals surface area contributed by atoms with Crippen LogP contribution in [0.15, 0.2) is 22.8 Å². The number of carbonyl (C=O) groups is 1. The van der Waals surface area contributed by atoms with Crippen molar-refractivity contribution in [3.63, 3.8) is 0 Å². The molecule has 1 aliphatic carbocycles. The third kappa shape index (κ3) is 1.68. The van der Waals surface area contributed by atoms with E-state index in [4.69, 9.17) is 0 Å². The highest BCUT2D eigenvalue weighted by Gasteiger charge is 2.31. The van der Waals surface area contributed by atoms with Crippen LogP contribution in [-0.2, 0) is 0 Å². The van der Waals surface area contributed by atoms with E-state index in [9.17, 15) is 13.6 Å². The maximum Gasteiger partial charge on any atom is 0.152 e. The first-order valence-corrected chi connectivity index (χ1v) is 6.48. The fraction of sp³-hybridized carbons (Fsp3) is 0.308. The van der Waals surface area contributed by atoms with Gasteiger partial charge in [0.05, 0.1) is 9.99 Å². The molecule has 0 amide bonds. The van der Waals surface area contributed by atoms with Crippen molar-refractivity contribution in [3.05, 3.63) is 34.2 Å². The molecular formula is C13H10BrF2NO. The summed E-state index contributed by atoms with van der Waals surface area (Å²) in [5, 5.41) is 0.577. The topological polar surface area (TPSA) is 22.0 Å². The van der Waals surface area contributed by atoms with Gasteiger partial charge in [-0.1, -0.05) is 0 Å². The second kappa shape index (κ2) is 4.16. The van der Waals surface area contributed by atoms with Crippen LogP contribution in [0.5, 0.6) is 0 Å². The Labute approximate surface area is 111 Å². The van der Waals surface area contributed by atoms with Crippen LogP contribution in [0.3, 0.4) is 0 Å². The fourth-order valence-electron chi connectivity index (χ4n) is 2.41. The fourth-order valence-corrected chi connectivity index (χ4v) is 2.75. The Hall–Kier alpha value is -1.23. The molecule has 18 heavy (non-hydrogen) atoms. The first kappa shape index (κ1) is 11.8. The molecule has 2 aromatic rings. The van der Waals surface area contributed by atoms with Crippen molar-refractivity contribution in [3.8, 4) is 0 Å². The number of alkyl halides is 1. The van der Waals surface area contributed by atoms with Crippen LogP contribution >= 0.6 is 15.9 Å². The summed E-state index contributed by atoms with van der Waals surface area (Å²) in [6, 6.07) is 3.04. The number of benzene rings is 1. The lowest BCUT2D eigenvalue weighted by Crippen LogP contribution is -2.27. The SMILES string of the molecule is O=Cc1cn(C2CC(F)C2)c2cc(Br)c(F)cc12. The zero-order valence-corrected chi connectivity index (χ0v) is 11.0. The van der Waals surface area contributed by atoms with E-state index in [0.717, 1.165) is 5.52 Å². The normalized spacial score (nSPS) is 23.1. The van der Waals surface area contributed by atoms with Crippen molar-refractivity contribution in [2.45, 2.75) is 25.1 Å². The Balaban J connectivity index is 2.20. The number of rotatable bonds is 2. The molecule has 0 aliphatic heterocycles. The molecule has 2 nitrogen and oxygen atoms in total.